The number of aromatic nitrogens is 1. The van der Waals surface area contributed by atoms with Gasteiger partial charge < -0.3 is 9.52 Å². The number of hydrogen-bond acceptors (Lipinski definition) is 3. The Hall–Kier alpha value is -2.76. The summed E-state index contributed by atoms with van der Waals surface area (Å²) in [4.78, 5) is 14.7. The van der Waals surface area contributed by atoms with E-state index in [1.54, 1.807) is 24.3 Å². The highest BCUT2D eigenvalue weighted by atomic mass is 19.2. The van der Waals surface area contributed by atoms with Gasteiger partial charge >= 0.3 is 5.97 Å². The highest BCUT2D eigenvalue weighted by molar-refractivity contribution is 5.76. The van der Waals surface area contributed by atoms with Gasteiger partial charge in [0.15, 0.2) is 17.2 Å². The molecule has 0 saturated heterocycles. The monoisotopic (exact) mass is 289 g/mol. The zero-order valence-corrected chi connectivity index (χ0v) is 10.6. The normalized spacial score (nSPS) is 11.0. The van der Waals surface area contributed by atoms with Crippen molar-refractivity contribution in [1.29, 1.82) is 0 Å². The minimum atomic E-state index is -1.23. The number of carboxylic acids is 1. The lowest BCUT2D eigenvalue weighted by atomic mass is 10.1. The molecular formula is C15H9F2NO3. The number of aliphatic carboxylic acids is 1. The predicted octanol–water partition coefficient (Wildman–Crippen LogP) is 3.40. The van der Waals surface area contributed by atoms with Gasteiger partial charge in [-0.1, -0.05) is 18.2 Å². The molecule has 0 atom stereocenters. The Labute approximate surface area is 117 Å². The van der Waals surface area contributed by atoms with E-state index in [1.807, 2.05) is 0 Å². The summed E-state index contributed by atoms with van der Waals surface area (Å²) in [6, 6.07) is 9.33. The molecule has 0 bridgehead atoms. The van der Waals surface area contributed by atoms with Crippen molar-refractivity contribution >= 4 is 17.1 Å². The quantitative estimate of drug-likeness (QED) is 0.802. The lowest BCUT2D eigenvalue weighted by molar-refractivity contribution is -0.136. The summed E-state index contributed by atoms with van der Waals surface area (Å²) in [7, 11) is 0. The van der Waals surface area contributed by atoms with Crippen LogP contribution in [0.25, 0.3) is 22.6 Å². The number of fused-ring (bicyclic) bond motifs is 1. The summed E-state index contributed by atoms with van der Waals surface area (Å²) in [5.41, 5.74) is 0.626. The second-order valence-corrected chi connectivity index (χ2v) is 4.46. The number of rotatable bonds is 3. The first-order chi connectivity index (χ1) is 10.1. The maximum atomic E-state index is 14.1. The van der Waals surface area contributed by atoms with Crippen molar-refractivity contribution in [3.8, 4) is 11.5 Å². The van der Waals surface area contributed by atoms with Crippen LogP contribution in [0.5, 0.6) is 0 Å². The number of benzene rings is 2. The average molecular weight is 289 g/mol. The molecule has 0 unspecified atom stereocenters. The highest BCUT2D eigenvalue weighted by Gasteiger charge is 2.19. The van der Waals surface area contributed by atoms with E-state index >= 15 is 0 Å². The Morgan fingerprint density at radius 2 is 1.90 bits per heavy atom. The topological polar surface area (TPSA) is 63.3 Å². The van der Waals surface area contributed by atoms with Gasteiger partial charge in [0.2, 0.25) is 5.89 Å². The predicted molar refractivity (Wildman–Crippen MR) is 70.7 cm³/mol. The van der Waals surface area contributed by atoms with Crippen LogP contribution in [-0.2, 0) is 11.2 Å². The van der Waals surface area contributed by atoms with Crippen molar-refractivity contribution in [1.82, 2.24) is 4.98 Å². The fourth-order valence-corrected chi connectivity index (χ4v) is 2.04. The maximum Gasteiger partial charge on any atom is 0.307 e. The standard InChI is InChI=1S/C15H9F2NO3/c16-13-8(7-12(19)20)5-6-9(14(13)17)15-18-10-3-1-2-4-11(10)21-15/h1-6H,7H2,(H,19,20). The molecule has 21 heavy (non-hydrogen) atoms. The molecule has 6 heteroatoms. The van der Waals surface area contributed by atoms with E-state index in [-0.39, 0.29) is 17.0 Å². The summed E-state index contributed by atoms with van der Waals surface area (Å²) >= 11 is 0. The van der Waals surface area contributed by atoms with Gasteiger partial charge in [-0.15, -0.1) is 0 Å². The van der Waals surface area contributed by atoms with Gasteiger partial charge in [-0.2, -0.15) is 0 Å². The molecule has 0 aliphatic carbocycles. The average Bonchev–Trinajstić information content (AvgIpc) is 2.87. The second kappa shape index (κ2) is 4.97. The summed E-state index contributed by atoms with van der Waals surface area (Å²) in [6.45, 7) is 0. The maximum absolute atomic E-state index is 14.1. The fraction of sp³-hybridized carbons (Fsp3) is 0.0667. The number of nitrogens with zero attached hydrogens (tertiary/aromatic N) is 1. The third kappa shape index (κ3) is 2.35. The van der Waals surface area contributed by atoms with Crippen LogP contribution >= 0.6 is 0 Å². The van der Waals surface area contributed by atoms with Gasteiger partial charge in [0.1, 0.15) is 5.52 Å². The first-order valence-corrected chi connectivity index (χ1v) is 6.11. The molecule has 0 fully saturated rings. The molecule has 0 aliphatic rings. The molecule has 1 aromatic heterocycles. The van der Waals surface area contributed by atoms with Crippen molar-refractivity contribution in [2.24, 2.45) is 0 Å². The van der Waals surface area contributed by atoms with Crippen LogP contribution in [0.2, 0.25) is 0 Å². The SMILES string of the molecule is O=C(O)Cc1ccc(-c2nc3ccccc3o2)c(F)c1F. The first kappa shape index (κ1) is 13.2. The summed E-state index contributed by atoms with van der Waals surface area (Å²) in [5.74, 6) is -3.64. The van der Waals surface area contributed by atoms with Gasteiger partial charge in [0, 0.05) is 5.56 Å². The molecule has 3 rings (SSSR count). The third-order valence-corrected chi connectivity index (χ3v) is 3.03. The molecular weight excluding hydrogens is 280 g/mol. The van der Waals surface area contributed by atoms with Crippen LogP contribution in [-0.4, -0.2) is 16.1 Å². The van der Waals surface area contributed by atoms with E-state index < -0.39 is 24.0 Å². The van der Waals surface area contributed by atoms with Gasteiger partial charge in [0.25, 0.3) is 0 Å². The van der Waals surface area contributed by atoms with Crippen LogP contribution in [0.3, 0.4) is 0 Å². The smallest absolute Gasteiger partial charge is 0.307 e. The van der Waals surface area contributed by atoms with E-state index in [0.717, 1.165) is 0 Å². The fourth-order valence-electron chi connectivity index (χ4n) is 2.04. The molecule has 3 aromatic rings. The molecule has 2 aromatic carbocycles. The van der Waals surface area contributed by atoms with Crippen molar-refractivity contribution < 1.29 is 23.1 Å². The minimum absolute atomic E-state index is 0.0468. The molecule has 0 aliphatic heterocycles. The third-order valence-electron chi connectivity index (χ3n) is 3.03. The zero-order valence-electron chi connectivity index (χ0n) is 10.6. The molecule has 0 spiro atoms. The number of carbonyl (C=O) groups is 1. The molecule has 1 N–H and O–H groups in total. The Kier molecular flexibility index (Phi) is 3.13. The molecule has 0 saturated carbocycles. The number of para-hydroxylation sites is 2. The zero-order chi connectivity index (χ0) is 15.0. The van der Waals surface area contributed by atoms with E-state index in [9.17, 15) is 13.6 Å². The number of hydrogen-bond donors (Lipinski definition) is 1. The summed E-state index contributed by atoms with van der Waals surface area (Å²) in [6.07, 6.45) is -0.587. The Morgan fingerprint density at radius 3 is 2.62 bits per heavy atom. The number of carboxylic acid groups (broad SMARTS) is 1. The molecule has 106 valence electrons. The van der Waals surface area contributed by atoms with Crippen molar-refractivity contribution in [2.75, 3.05) is 0 Å². The highest BCUT2D eigenvalue weighted by Crippen LogP contribution is 2.28. The Balaban J connectivity index is 2.10. The van der Waals surface area contributed by atoms with Crippen LogP contribution < -0.4 is 0 Å². The van der Waals surface area contributed by atoms with Gasteiger partial charge in [-0.25, -0.2) is 13.8 Å². The van der Waals surface area contributed by atoms with Crippen LogP contribution in [0, 0.1) is 11.6 Å². The number of halogens is 2. The van der Waals surface area contributed by atoms with E-state index in [2.05, 4.69) is 4.98 Å². The van der Waals surface area contributed by atoms with Crippen LogP contribution in [0.15, 0.2) is 40.8 Å². The lowest BCUT2D eigenvalue weighted by Gasteiger charge is -2.04. The Morgan fingerprint density at radius 1 is 1.14 bits per heavy atom. The van der Waals surface area contributed by atoms with Gasteiger partial charge in [-0.05, 0) is 18.2 Å². The van der Waals surface area contributed by atoms with E-state index in [4.69, 9.17) is 9.52 Å². The summed E-state index contributed by atoms with van der Waals surface area (Å²) in [5, 5.41) is 8.64. The number of oxazole rings is 1. The molecule has 0 radical (unpaired) electrons. The van der Waals surface area contributed by atoms with E-state index in [0.29, 0.717) is 11.1 Å². The van der Waals surface area contributed by atoms with Gasteiger partial charge in [-0.3, -0.25) is 4.79 Å². The van der Waals surface area contributed by atoms with Crippen molar-refractivity contribution in [2.45, 2.75) is 6.42 Å². The largest absolute Gasteiger partial charge is 0.481 e. The molecule has 0 amide bonds. The van der Waals surface area contributed by atoms with E-state index in [1.165, 1.54) is 12.1 Å². The molecule has 4 nitrogen and oxygen atoms in total. The minimum Gasteiger partial charge on any atom is -0.481 e. The van der Waals surface area contributed by atoms with Crippen LogP contribution in [0.4, 0.5) is 8.78 Å². The van der Waals surface area contributed by atoms with Crippen molar-refractivity contribution in [3.05, 3.63) is 53.6 Å². The lowest BCUT2D eigenvalue weighted by Crippen LogP contribution is -2.04. The molecule has 1 heterocycles. The summed E-state index contributed by atoms with van der Waals surface area (Å²) < 4.78 is 33.3. The van der Waals surface area contributed by atoms with Crippen LogP contribution in [0.1, 0.15) is 5.56 Å². The van der Waals surface area contributed by atoms with Gasteiger partial charge in [0.05, 0.1) is 12.0 Å². The Bertz CT molecular complexity index is 809. The first-order valence-electron chi connectivity index (χ1n) is 6.11. The second-order valence-electron chi connectivity index (χ2n) is 4.46. The van der Waals surface area contributed by atoms with Crippen molar-refractivity contribution in [3.63, 3.8) is 0 Å².